The smallest absolute Gasteiger partial charge is 0.240 e. The summed E-state index contributed by atoms with van der Waals surface area (Å²) in [6.07, 6.45) is 0. The van der Waals surface area contributed by atoms with Gasteiger partial charge in [0.25, 0.3) is 0 Å². The van der Waals surface area contributed by atoms with Crippen molar-refractivity contribution in [2.24, 2.45) is 5.73 Å². The standard InChI is InChI=1S/C13H17N3O3/c14-7-10-1-3-11(4-2-10)19-6-5-16-8-12(17)15-13(18)9-16/h1-4H,5-9,14H2,(H,15,17,18). The van der Waals surface area contributed by atoms with Gasteiger partial charge in [-0.2, -0.15) is 0 Å². The fourth-order valence-corrected chi connectivity index (χ4v) is 1.87. The van der Waals surface area contributed by atoms with E-state index >= 15 is 0 Å². The van der Waals surface area contributed by atoms with Crippen LogP contribution in [0.3, 0.4) is 0 Å². The van der Waals surface area contributed by atoms with Gasteiger partial charge in [0, 0.05) is 13.1 Å². The Morgan fingerprint density at radius 3 is 2.37 bits per heavy atom. The fourth-order valence-electron chi connectivity index (χ4n) is 1.87. The highest BCUT2D eigenvalue weighted by molar-refractivity contribution is 5.99. The number of hydrogen-bond donors (Lipinski definition) is 2. The number of ether oxygens (including phenoxy) is 1. The summed E-state index contributed by atoms with van der Waals surface area (Å²) in [5.74, 6) is 0.233. The van der Waals surface area contributed by atoms with Crippen molar-refractivity contribution in [3.8, 4) is 5.75 Å². The number of nitrogens with one attached hydrogen (secondary N) is 1. The van der Waals surface area contributed by atoms with Gasteiger partial charge in [0.15, 0.2) is 0 Å². The maximum absolute atomic E-state index is 11.2. The predicted molar refractivity (Wildman–Crippen MR) is 69.4 cm³/mol. The molecule has 6 nitrogen and oxygen atoms in total. The number of rotatable bonds is 5. The van der Waals surface area contributed by atoms with E-state index in [1.54, 1.807) is 4.90 Å². The highest BCUT2D eigenvalue weighted by atomic mass is 16.5. The van der Waals surface area contributed by atoms with Crippen molar-refractivity contribution >= 4 is 11.8 Å². The third kappa shape index (κ3) is 4.04. The van der Waals surface area contributed by atoms with E-state index in [9.17, 15) is 9.59 Å². The molecule has 1 heterocycles. The molecular formula is C13H17N3O3. The number of benzene rings is 1. The minimum atomic E-state index is -0.261. The van der Waals surface area contributed by atoms with Gasteiger partial charge in [0.1, 0.15) is 12.4 Å². The number of hydrogen-bond acceptors (Lipinski definition) is 5. The molecule has 3 N–H and O–H groups in total. The molecule has 0 unspecified atom stereocenters. The molecule has 1 aromatic carbocycles. The lowest BCUT2D eigenvalue weighted by Crippen LogP contribution is -2.52. The van der Waals surface area contributed by atoms with E-state index in [1.165, 1.54) is 0 Å². The summed E-state index contributed by atoms with van der Waals surface area (Å²) in [4.78, 5) is 24.1. The second-order valence-electron chi connectivity index (χ2n) is 4.38. The molecule has 1 saturated heterocycles. The van der Waals surface area contributed by atoms with Gasteiger partial charge in [0.2, 0.25) is 11.8 Å². The molecule has 0 spiro atoms. The average Bonchev–Trinajstić information content (AvgIpc) is 2.38. The van der Waals surface area contributed by atoms with Crippen LogP contribution in [-0.4, -0.2) is 43.0 Å². The van der Waals surface area contributed by atoms with E-state index in [4.69, 9.17) is 10.5 Å². The Labute approximate surface area is 111 Å². The van der Waals surface area contributed by atoms with Gasteiger partial charge in [-0.25, -0.2) is 0 Å². The number of nitrogens with two attached hydrogens (primary N) is 1. The van der Waals surface area contributed by atoms with Gasteiger partial charge < -0.3 is 10.5 Å². The van der Waals surface area contributed by atoms with Gasteiger partial charge in [-0.05, 0) is 17.7 Å². The van der Waals surface area contributed by atoms with Crippen LogP contribution < -0.4 is 15.8 Å². The second kappa shape index (κ2) is 6.31. The average molecular weight is 263 g/mol. The summed E-state index contributed by atoms with van der Waals surface area (Å²) in [6, 6.07) is 7.53. The van der Waals surface area contributed by atoms with Gasteiger partial charge >= 0.3 is 0 Å². The van der Waals surface area contributed by atoms with E-state index in [0.717, 1.165) is 11.3 Å². The van der Waals surface area contributed by atoms with Crippen LogP contribution in [0.15, 0.2) is 24.3 Å². The molecule has 0 bridgehead atoms. The van der Waals surface area contributed by atoms with Crippen LogP contribution in [0.5, 0.6) is 5.75 Å². The SMILES string of the molecule is NCc1ccc(OCCN2CC(=O)NC(=O)C2)cc1. The topological polar surface area (TPSA) is 84.7 Å². The highest BCUT2D eigenvalue weighted by Crippen LogP contribution is 2.11. The first-order chi connectivity index (χ1) is 9.17. The van der Waals surface area contributed by atoms with Crippen LogP contribution in [0.2, 0.25) is 0 Å². The molecular weight excluding hydrogens is 246 g/mol. The van der Waals surface area contributed by atoms with E-state index in [2.05, 4.69) is 5.32 Å². The summed E-state index contributed by atoms with van der Waals surface area (Å²) in [7, 11) is 0. The second-order valence-corrected chi connectivity index (χ2v) is 4.38. The van der Waals surface area contributed by atoms with Crippen LogP contribution in [0.25, 0.3) is 0 Å². The molecule has 1 aliphatic rings. The molecule has 0 saturated carbocycles. The molecule has 0 aromatic heterocycles. The zero-order chi connectivity index (χ0) is 13.7. The monoisotopic (exact) mass is 263 g/mol. The Hall–Kier alpha value is -1.92. The van der Waals surface area contributed by atoms with Crippen LogP contribution in [0.4, 0.5) is 0 Å². The van der Waals surface area contributed by atoms with Crippen LogP contribution in [-0.2, 0) is 16.1 Å². The van der Waals surface area contributed by atoms with E-state index in [1.807, 2.05) is 24.3 Å². The molecule has 6 heteroatoms. The summed E-state index contributed by atoms with van der Waals surface area (Å²) in [5, 5.41) is 2.26. The molecule has 1 aliphatic heterocycles. The number of amides is 2. The molecule has 2 rings (SSSR count). The summed E-state index contributed by atoms with van der Waals surface area (Å²) < 4.78 is 5.55. The lowest BCUT2D eigenvalue weighted by molar-refractivity contribution is -0.136. The van der Waals surface area contributed by atoms with Gasteiger partial charge in [-0.1, -0.05) is 12.1 Å². The minimum absolute atomic E-state index is 0.237. The van der Waals surface area contributed by atoms with Crippen molar-refractivity contribution in [1.82, 2.24) is 10.2 Å². The molecule has 102 valence electrons. The van der Waals surface area contributed by atoms with E-state index in [0.29, 0.717) is 19.7 Å². The van der Waals surface area contributed by atoms with Crippen molar-refractivity contribution in [1.29, 1.82) is 0 Å². The Bertz CT molecular complexity index is 443. The Balaban J connectivity index is 1.76. The first-order valence-corrected chi connectivity index (χ1v) is 6.14. The van der Waals surface area contributed by atoms with E-state index < -0.39 is 0 Å². The lowest BCUT2D eigenvalue weighted by Gasteiger charge is -2.24. The van der Waals surface area contributed by atoms with Crippen molar-refractivity contribution < 1.29 is 14.3 Å². The summed E-state index contributed by atoms with van der Waals surface area (Å²) in [5.41, 5.74) is 6.55. The third-order valence-corrected chi connectivity index (χ3v) is 2.85. The van der Waals surface area contributed by atoms with Gasteiger partial charge in [-0.15, -0.1) is 0 Å². The number of carbonyl (C=O) groups is 2. The quantitative estimate of drug-likeness (QED) is 0.698. The maximum atomic E-state index is 11.2. The van der Waals surface area contributed by atoms with Crippen molar-refractivity contribution in [2.45, 2.75) is 6.54 Å². The number of imide groups is 1. The number of piperazine rings is 1. The lowest BCUT2D eigenvalue weighted by atomic mass is 10.2. The minimum Gasteiger partial charge on any atom is -0.492 e. The molecule has 0 aliphatic carbocycles. The third-order valence-electron chi connectivity index (χ3n) is 2.85. The van der Waals surface area contributed by atoms with Crippen molar-refractivity contribution in [3.63, 3.8) is 0 Å². The number of nitrogens with zero attached hydrogens (tertiary/aromatic N) is 1. The Morgan fingerprint density at radius 2 is 1.79 bits per heavy atom. The van der Waals surface area contributed by atoms with Gasteiger partial charge in [-0.3, -0.25) is 19.8 Å². The largest absolute Gasteiger partial charge is 0.492 e. The molecule has 19 heavy (non-hydrogen) atoms. The fraction of sp³-hybridized carbons (Fsp3) is 0.385. The molecule has 0 radical (unpaired) electrons. The predicted octanol–water partition coefficient (Wildman–Crippen LogP) is -0.517. The number of carbonyl (C=O) groups excluding carboxylic acids is 2. The maximum Gasteiger partial charge on any atom is 0.240 e. The zero-order valence-electron chi connectivity index (χ0n) is 10.6. The summed E-state index contributed by atoms with van der Waals surface area (Å²) >= 11 is 0. The van der Waals surface area contributed by atoms with Crippen LogP contribution >= 0.6 is 0 Å². The van der Waals surface area contributed by atoms with E-state index in [-0.39, 0.29) is 24.9 Å². The Kier molecular flexibility index (Phi) is 4.48. The van der Waals surface area contributed by atoms with Gasteiger partial charge in [0.05, 0.1) is 13.1 Å². The Morgan fingerprint density at radius 1 is 1.16 bits per heavy atom. The van der Waals surface area contributed by atoms with Crippen molar-refractivity contribution in [2.75, 3.05) is 26.2 Å². The van der Waals surface area contributed by atoms with Crippen LogP contribution in [0.1, 0.15) is 5.56 Å². The molecule has 0 atom stereocenters. The molecule has 2 amide bonds. The van der Waals surface area contributed by atoms with Crippen molar-refractivity contribution in [3.05, 3.63) is 29.8 Å². The highest BCUT2D eigenvalue weighted by Gasteiger charge is 2.21. The first kappa shape index (κ1) is 13.5. The zero-order valence-corrected chi connectivity index (χ0v) is 10.6. The van der Waals surface area contributed by atoms with Crippen LogP contribution in [0, 0.1) is 0 Å². The summed E-state index contributed by atoms with van der Waals surface area (Å²) in [6.45, 7) is 1.95. The molecule has 1 aromatic rings. The normalized spacial score (nSPS) is 16.3. The molecule has 1 fully saturated rings. The first-order valence-electron chi connectivity index (χ1n) is 6.14.